The van der Waals surface area contributed by atoms with E-state index in [2.05, 4.69) is 25.6 Å². The van der Waals surface area contributed by atoms with Crippen molar-refractivity contribution in [3.63, 3.8) is 0 Å². The van der Waals surface area contributed by atoms with Crippen LogP contribution in [0.1, 0.15) is 13.8 Å². The third-order valence-electron chi connectivity index (χ3n) is 1.78. The first-order valence-electron chi connectivity index (χ1n) is 5.59. The summed E-state index contributed by atoms with van der Waals surface area (Å²) in [5, 5.41) is 14.7. The number of hydrogen-bond donors (Lipinski definition) is 2. The van der Waals surface area contributed by atoms with E-state index >= 15 is 0 Å². The van der Waals surface area contributed by atoms with Crippen LogP contribution in [-0.4, -0.2) is 39.2 Å². The van der Waals surface area contributed by atoms with Crippen LogP contribution in [0.25, 0.3) is 0 Å². The summed E-state index contributed by atoms with van der Waals surface area (Å²) in [4.78, 5) is 12.7. The lowest BCUT2D eigenvalue weighted by atomic mass is 10.5. The number of halogens is 1. The van der Waals surface area contributed by atoms with Gasteiger partial charge in [-0.3, -0.25) is 0 Å². The van der Waals surface area contributed by atoms with Crippen LogP contribution in [0.15, 0.2) is 5.16 Å². The van der Waals surface area contributed by atoms with Gasteiger partial charge in [-0.2, -0.15) is 20.2 Å². The quantitative estimate of drug-likeness (QED) is 0.585. The molecule has 0 aliphatic heterocycles. The molecule has 0 aliphatic rings. The molecule has 6 nitrogen and oxygen atoms in total. The molecule has 98 valence electrons. The maximum absolute atomic E-state index is 8.62. The highest BCUT2D eigenvalue weighted by Gasteiger charge is 2.09. The Morgan fingerprint density at radius 1 is 1.22 bits per heavy atom. The fraction of sp³-hybridized carbons (Fsp3) is 0.600. The van der Waals surface area contributed by atoms with Gasteiger partial charge in [0.1, 0.15) is 5.38 Å². The molecule has 0 aromatic carbocycles. The number of hydrogen-bond acceptors (Lipinski definition) is 7. The van der Waals surface area contributed by atoms with Gasteiger partial charge >= 0.3 is 0 Å². The SMILES string of the molecule is CCNc1nc(NCC)nc(SCC(Cl)C#N)n1. The fourth-order valence-electron chi connectivity index (χ4n) is 1.08. The lowest BCUT2D eigenvalue weighted by Gasteiger charge is -2.08. The maximum Gasteiger partial charge on any atom is 0.228 e. The normalized spacial score (nSPS) is 11.7. The average molecular weight is 287 g/mol. The highest BCUT2D eigenvalue weighted by Crippen LogP contribution is 2.18. The van der Waals surface area contributed by atoms with Crippen molar-refractivity contribution in [2.24, 2.45) is 0 Å². The first-order valence-corrected chi connectivity index (χ1v) is 7.02. The Morgan fingerprint density at radius 2 is 1.78 bits per heavy atom. The minimum absolute atomic E-state index is 0.444. The first-order chi connectivity index (χ1) is 8.69. The third kappa shape index (κ3) is 4.94. The Morgan fingerprint density at radius 3 is 2.22 bits per heavy atom. The molecular formula is C10H15ClN6S. The molecule has 0 fully saturated rings. The standard InChI is InChI=1S/C10H15ClN6S/c1-3-13-8-15-9(14-4-2)17-10(16-8)18-6-7(11)5-12/h7H,3-4,6H2,1-2H3,(H2,13,14,15,16,17). The molecule has 0 radical (unpaired) electrons. The summed E-state index contributed by atoms with van der Waals surface area (Å²) >= 11 is 7.07. The van der Waals surface area contributed by atoms with Crippen LogP contribution in [0, 0.1) is 11.3 Å². The van der Waals surface area contributed by atoms with Gasteiger partial charge in [-0.25, -0.2) is 0 Å². The Balaban J connectivity index is 2.78. The maximum atomic E-state index is 8.62. The highest BCUT2D eigenvalue weighted by molar-refractivity contribution is 7.99. The molecule has 1 heterocycles. The first kappa shape index (κ1) is 14.8. The number of nitrogens with zero attached hydrogens (tertiary/aromatic N) is 4. The molecule has 0 saturated heterocycles. The molecule has 0 aliphatic carbocycles. The van der Waals surface area contributed by atoms with Gasteiger partial charge < -0.3 is 10.6 Å². The summed E-state index contributed by atoms with van der Waals surface area (Å²) < 4.78 is 0. The van der Waals surface area contributed by atoms with Gasteiger partial charge in [-0.05, 0) is 13.8 Å². The van der Waals surface area contributed by atoms with E-state index in [1.54, 1.807) is 0 Å². The zero-order chi connectivity index (χ0) is 13.4. The van der Waals surface area contributed by atoms with Crippen molar-refractivity contribution in [3.05, 3.63) is 0 Å². The molecular weight excluding hydrogens is 272 g/mol. The minimum atomic E-state index is -0.545. The summed E-state index contributed by atoms with van der Waals surface area (Å²) in [6.07, 6.45) is 0. The smallest absolute Gasteiger partial charge is 0.228 e. The fourth-order valence-corrected chi connectivity index (χ4v) is 1.94. The van der Waals surface area contributed by atoms with E-state index in [-0.39, 0.29) is 0 Å². The number of aromatic nitrogens is 3. The summed E-state index contributed by atoms with van der Waals surface area (Å²) in [6.45, 7) is 5.40. The van der Waals surface area contributed by atoms with E-state index in [1.807, 2.05) is 19.9 Å². The molecule has 0 saturated carbocycles. The monoisotopic (exact) mass is 286 g/mol. The molecule has 8 heteroatoms. The van der Waals surface area contributed by atoms with E-state index in [0.717, 1.165) is 13.1 Å². The van der Waals surface area contributed by atoms with Gasteiger partial charge in [-0.15, -0.1) is 11.6 Å². The lowest BCUT2D eigenvalue weighted by Crippen LogP contribution is -2.10. The van der Waals surface area contributed by atoms with Crippen molar-refractivity contribution in [2.75, 3.05) is 29.5 Å². The predicted molar refractivity (Wildman–Crippen MR) is 74.1 cm³/mol. The molecule has 1 aromatic heterocycles. The molecule has 1 unspecified atom stereocenters. The predicted octanol–water partition coefficient (Wildman–Crippen LogP) is 1.96. The van der Waals surface area contributed by atoms with Crippen molar-refractivity contribution in [3.8, 4) is 6.07 Å². The molecule has 0 bridgehead atoms. The molecule has 0 amide bonds. The van der Waals surface area contributed by atoms with Crippen LogP contribution in [0.5, 0.6) is 0 Å². The summed E-state index contributed by atoms with van der Waals surface area (Å²) in [5.74, 6) is 1.49. The van der Waals surface area contributed by atoms with Crippen molar-refractivity contribution in [2.45, 2.75) is 24.4 Å². The number of nitriles is 1. The zero-order valence-electron chi connectivity index (χ0n) is 10.3. The van der Waals surface area contributed by atoms with Crippen LogP contribution in [0.3, 0.4) is 0 Å². The number of anilines is 2. The van der Waals surface area contributed by atoms with Gasteiger partial charge in [0, 0.05) is 18.8 Å². The second kappa shape index (κ2) is 7.95. The van der Waals surface area contributed by atoms with Gasteiger partial charge in [0.15, 0.2) is 5.16 Å². The van der Waals surface area contributed by atoms with Crippen molar-refractivity contribution in [1.29, 1.82) is 5.26 Å². The van der Waals surface area contributed by atoms with Gasteiger partial charge in [-0.1, -0.05) is 11.8 Å². The van der Waals surface area contributed by atoms with E-state index in [4.69, 9.17) is 16.9 Å². The van der Waals surface area contributed by atoms with Crippen molar-refractivity contribution in [1.82, 2.24) is 15.0 Å². The molecule has 0 spiro atoms. The number of rotatable bonds is 7. The van der Waals surface area contributed by atoms with Gasteiger partial charge in [0.05, 0.1) is 6.07 Å². The Kier molecular flexibility index (Phi) is 6.54. The van der Waals surface area contributed by atoms with Crippen LogP contribution < -0.4 is 10.6 Å². The molecule has 18 heavy (non-hydrogen) atoms. The van der Waals surface area contributed by atoms with Crippen molar-refractivity contribution >= 4 is 35.3 Å². The summed E-state index contributed by atoms with van der Waals surface area (Å²) in [6, 6.07) is 1.96. The minimum Gasteiger partial charge on any atom is -0.354 e. The van der Waals surface area contributed by atoms with E-state index in [9.17, 15) is 0 Å². The number of thioether (sulfide) groups is 1. The molecule has 1 aromatic rings. The number of alkyl halides is 1. The lowest BCUT2D eigenvalue weighted by molar-refractivity contribution is 0.894. The topological polar surface area (TPSA) is 86.5 Å². The van der Waals surface area contributed by atoms with E-state index < -0.39 is 5.38 Å². The molecule has 1 rings (SSSR count). The zero-order valence-corrected chi connectivity index (χ0v) is 11.8. The van der Waals surface area contributed by atoms with Crippen molar-refractivity contribution < 1.29 is 0 Å². The van der Waals surface area contributed by atoms with Crippen LogP contribution in [-0.2, 0) is 0 Å². The summed E-state index contributed by atoms with van der Waals surface area (Å²) in [5.41, 5.74) is 0. The Bertz CT molecular complexity index is 397. The highest BCUT2D eigenvalue weighted by atomic mass is 35.5. The largest absolute Gasteiger partial charge is 0.354 e. The third-order valence-corrected chi connectivity index (χ3v) is 3.16. The molecule has 2 N–H and O–H groups in total. The number of nitrogens with one attached hydrogen (secondary N) is 2. The molecule has 1 atom stereocenters. The van der Waals surface area contributed by atoms with E-state index in [1.165, 1.54) is 11.8 Å². The Labute approximate surface area is 116 Å². The van der Waals surface area contributed by atoms with Crippen LogP contribution in [0.2, 0.25) is 0 Å². The summed E-state index contributed by atoms with van der Waals surface area (Å²) in [7, 11) is 0. The Hall–Kier alpha value is -1.26. The van der Waals surface area contributed by atoms with Crippen LogP contribution >= 0.6 is 23.4 Å². The van der Waals surface area contributed by atoms with Crippen LogP contribution in [0.4, 0.5) is 11.9 Å². The second-order valence-corrected chi connectivity index (χ2v) is 4.75. The van der Waals surface area contributed by atoms with Gasteiger partial charge in [0.25, 0.3) is 0 Å². The average Bonchev–Trinajstić information content (AvgIpc) is 2.36. The second-order valence-electron chi connectivity index (χ2n) is 3.23. The van der Waals surface area contributed by atoms with E-state index in [0.29, 0.717) is 22.8 Å². The van der Waals surface area contributed by atoms with Gasteiger partial charge in [0.2, 0.25) is 11.9 Å².